The fraction of sp³-hybridized carbons (Fsp3) is 0.545. The summed E-state index contributed by atoms with van der Waals surface area (Å²) in [6.07, 6.45) is 4.62. The number of anilines is 2. The average molecular weight is 207 g/mol. The van der Waals surface area contributed by atoms with Crippen LogP contribution in [0, 0.1) is 0 Å². The van der Waals surface area contributed by atoms with E-state index in [2.05, 4.69) is 16.8 Å². The molecule has 0 saturated carbocycles. The molecule has 82 valence electrons. The third-order valence-corrected chi connectivity index (χ3v) is 2.78. The highest BCUT2D eigenvalue weighted by Gasteiger charge is 2.21. The van der Waals surface area contributed by atoms with Gasteiger partial charge in [0.1, 0.15) is 0 Å². The summed E-state index contributed by atoms with van der Waals surface area (Å²) in [5, 5.41) is 0. The Kier molecular flexibility index (Phi) is 3.06. The van der Waals surface area contributed by atoms with Crippen LogP contribution in [0.3, 0.4) is 0 Å². The van der Waals surface area contributed by atoms with Crippen molar-refractivity contribution in [2.24, 2.45) is 0 Å². The van der Waals surface area contributed by atoms with Gasteiger partial charge in [-0.25, -0.2) is 0 Å². The molecule has 2 heterocycles. The second-order valence-electron chi connectivity index (χ2n) is 3.81. The molecule has 0 amide bonds. The summed E-state index contributed by atoms with van der Waals surface area (Å²) in [6, 6.07) is 2.42. The van der Waals surface area contributed by atoms with Crippen molar-refractivity contribution in [3.63, 3.8) is 0 Å². The van der Waals surface area contributed by atoms with E-state index in [9.17, 15) is 0 Å². The Morgan fingerprint density at radius 3 is 3.20 bits per heavy atom. The van der Waals surface area contributed by atoms with Crippen LogP contribution >= 0.6 is 0 Å². The average Bonchev–Trinajstić information content (AvgIpc) is 2.29. The Bertz CT molecular complexity index is 329. The third kappa shape index (κ3) is 2.21. The molecule has 1 aliphatic rings. The predicted molar refractivity (Wildman–Crippen MR) is 60.9 cm³/mol. The van der Waals surface area contributed by atoms with Gasteiger partial charge in [0.05, 0.1) is 36.8 Å². The predicted octanol–water partition coefficient (Wildman–Crippen LogP) is 1.28. The van der Waals surface area contributed by atoms with E-state index in [0.29, 0.717) is 11.7 Å². The van der Waals surface area contributed by atoms with Crippen LogP contribution in [0.25, 0.3) is 0 Å². The van der Waals surface area contributed by atoms with Gasteiger partial charge in [0.15, 0.2) is 0 Å². The molecule has 4 nitrogen and oxygen atoms in total. The van der Waals surface area contributed by atoms with Crippen molar-refractivity contribution in [2.45, 2.75) is 19.4 Å². The van der Waals surface area contributed by atoms with Crippen molar-refractivity contribution in [1.82, 2.24) is 4.98 Å². The fourth-order valence-corrected chi connectivity index (χ4v) is 1.94. The number of morpholine rings is 1. The monoisotopic (exact) mass is 207 g/mol. The first-order valence-electron chi connectivity index (χ1n) is 5.36. The maximum atomic E-state index is 5.73. The van der Waals surface area contributed by atoms with Crippen LogP contribution in [-0.4, -0.2) is 30.8 Å². The first-order chi connectivity index (χ1) is 7.31. The maximum Gasteiger partial charge on any atom is 0.0670 e. The molecule has 1 aliphatic heterocycles. The highest BCUT2D eigenvalue weighted by molar-refractivity contribution is 5.54. The highest BCUT2D eigenvalue weighted by Crippen LogP contribution is 2.21. The maximum absolute atomic E-state index is 5.73. The standard InChI is InChI=1S/C11H17N3O/c1-2-10-8-15-4-3-14(10)11-5-9(12)6-13-7-11/h5-7,10H,2-4,8,12H2,1H3. The molecule has 1 atom stereocenters. The lowest BCUT2D eigenvalue weighted by molar-refractivity contribution is 0.0930. The van der Waals surface area contributed by atoms with Gasteiger partial charge in [-0.05, 0) is 12.5 Å². The summed E-state index contributed by atoms with van der Waals surface area (Å²) in [7, 11) is 0. The van der Waals surface area contributed by atoms with Crippen molar-refractivity contribution in [3.8, 4) is 0 Å². The van der Waals surface area contributed by atoms with E-state index in [1.54, 1.807) is 6.20 Å². The van der Waals surface area contributed by atoms with Crippen LogP contribution in [-0.2, 0) is 4.74 Å². The fourth-order valence-electron chi connectivity index (χ4n) is 1.94. The van der Waals surface area contributed by atoms with Gasteiger partial charge in [0.25, 0.3) is 0 Å². The number of pyridine rings is 1. The molecule has 1 saturated heterocycles. The smallest absolute Gasteiger partial charge is 0.0670 e. The highest BCUT2D eigenvalue weighted by atomic mass is 16.5. The summed E-state index contributed by atoms with van der Waals surface area (Å²) in [4.78, 5) is 6.45. The van der Waals surface area contributed by atoms with Gasteiger partial charge < -0.3 is 15.4 Å². The summed E-state index contributed by atoms with van der Waals surface area (Å²) in [6.45, 7) is 4.67. The van der Waals surface area contributed by atoms with E-state index in [1.165, 1.54) is 0 Å². The van der Waals surface area contributed by atoms with Crippen molar-refractivity contribution in [1.29, 1.82) is 0 Å². The molecule has 0 spiro atoms. The van der Waals surface area contributed by atoms with E-state index < -0.39 is 0 Å². The number of nitrogen functional groups attached to an aromatic ring is 1. The quantitative estimate of drug-likeness (QED) is 0.793. The Hall–Kier alpha value is -1.29. The number of hydrogen-bond donors (Lipinski definition) is 1. The molecule has 1 aromatic rings. The molecule has 2 N–H and O–H groups in total. The van der Waals surface area contributed by atoms with Crippen molar-refractivity contribution in [2.75, 3.05) is 30.4 Å². The summed E-state index contributed by atoms with van der Waals surface area (Å²) < 4.78 is 5.46. The molecular weight excluding hydrogens is 190 g/mol. The first-order valence-corrected chi connectivity index (χ1v) is 5.36. The number of nitrogens with zero attached hydrogens (tertiary/aromatic N) is 2. The van der Waals surface area contributed by atoms with Crippen LogP contribution in [0.1, 0.15) is 13.3 Å². The zero-order chi connectivity index (χ0) is 10.7. The van der Waals surface area contributed by atoms with E-state index in [1.807, 2.05) is 12.3 Å². The summed E-state index contributed by atoms with van der Waals surface area (Å²) >= 11 is 0. The van der Waals surface area contributed by atoms with E-state index >= 15 is 0 Å². The summed E-state index contributed by atoms with van der Waals surface area (Å²) in [5.41, 5.74) is 7.55. The molecule has 0 radical (unpaired) electrons. The Balaban J connectivity index is 2.20. The molecular formula is C11H17N3O. The molecule has 0 aliphatic carbocycles. The van der Waals surface area contributed by atoms with Crippen LogP contribution in [0.4, 0.5) is 11.4 Å². The number of aromatic nitrogens is 1. The van der Waals surface area contributed by atoms with Crippen molar-refractivity contribution < 1.29 is 4.74 Å². The summed E-state index contributed by atoms with van der Waals surface area (Å²) in [5.74, 6) is 0. The lowest BCUT2D eigenvalue weighted by Crippen LogP contribution is -2.45. The van der Waals surface area contributed by atoms with Gasteiger partial charge in [-0.15, -0.1) is 0 Å². The van der Waals surface area contributed by atoms with Crippen LogP contribution in [0.15, 0.2) is 18.5 Å². The molecule has 0 bridgehead atoms. The van der Waals surface area contributed by atoms with Crippen molar-refractivity contribution in [3.05, 3.63) is 18.5 Å². The second kappa shape index (κ2) is 4.49. The van der Waals surface area contributed by atoms with E-state index in [-0.39, 0.29) is 0 Å². The number of rotatable bonds is 2. The number of nitrogens with two attached hydrogens (primary N) is 1. The molecule has 1 unspecified atom stereocenters. The van der Waals surface area contributed by atoms with Gasteiger partial charge in [-0.2, -0.15) is 0 Å². The van der Waals surface area contributed by atoms with E-state index in [0.717, 1.165) is 31.9 Å². The minimum atomic E-state index is 0.447. The van der Waals surface area contributed by atoms with Gasteiger partial charge >= 0.3 is 0 Å². The molecule has 0 aromatic carbocycles. The molecule has 2 rings (SSSR count). The minimum Gasteiger partial charge on any atom is -0.397 e. The minimum absolute atomic E-state index is 0.447. The first kappa shape index (κ1) is 10.2. The molecule has 1 aromatic heterocycles. The van der Waals surface area contributed by atoms with Crippen molar-refractivity contribution >= 4 is 11.4 Å². The zero-order valence-corrected chi connectivity index (χ0v) is 9.02. The van der Waals surface area contributed by atoms with Gasteiger partial charge in [-0.1, -0.05) is 6.92 Å². The Labute approximate surface area is 90.0 Å². The molecule has 15 heavy (non-hydrogen) atoms. The van der Waals surface area contributed by atoms with Gasteiger partial charge in [0.2, 0.25) is 0 Å². The lowest BCUT2D eigenvalue weighted by atomic mass is 10.1. The van der Waals surface area contributed by atoms with Crippen LogP contribution < -0.4 is 10.6 Å². The van der Waals surface area contributed by atoms with Gasteiger partial charge in [-0.3, -0.25) is 4.98 Å². The van der Waals surface area contributed by atoms with Crippen LogP contribution in [0.5, 0.6) is 0 Å². The number of hydrogen-bond acceptors (Lipinski definition) is 4. The zero-order valence-electron chi connectivity index (χ0n) is 9.02. The lowest BCUT2D eigenvalue weighted by Gasteiger charge is -2.36. The van der Waals surface area contributed by atoms with Gasteiger partial charge in [0, 0.05) is 12.7 Å². The Morgan fingerprint density at radius 1 is 1.60 bits per heavy atom. The molecule has 1 fully saturated rings. The van der Waals surface area contributed by atoms with E-state index in [4.69, 9.17) is 10.5 Å². The third-order valence-electron chi connectivity index (χ3n) is 2.78. The SMILES string of the molecule is CCC1COCCN1c1cncc(N)c1. The molecule has 4 heteroatoms. The normalized spacial score (nSPS) is 21.7. The second-order valence-corrected chi connectivity index (χ2v) is 3.81. The largest absolute Gasteiger partial charge is 0.397 e. The van der Waals surface area contributed by atoms with Crippen LogP contribution in [0.2, 0.25) is 0 Å². The topological polar surface area (TPSA) is 51.4 Å². The Morgan fingerprint density at radius 2 is 2.47 bits per heavy atom. The number of ether oxygens (including phenoxy) is 1.